The van der Waals surface area contributed by atoms with Crippen LogP contribution in [0.2, 0.25) is 0 Å². The van der Waals surface area contributed by atoms with Gasteiger partial charge >= 0.3 is 6.61 Å². The highest BCUT2D eigenvalue weighted by atomic mass is 32.2. The van der Waals surface area contributed by atoms with Crippen LogP contribution in [0.4, 0.5) is 14.5 Å². The fraction of sp³-hybridized carbons (Fsp3) is 0.167. The Morgan fingerprint density at radius 2 is 1.89 bits per heavy atom. The van der Waals surface area contributed by atoms with Gasteiger partial charge in [0, 0.05) is 11.3 Å². The Morgan fingerprint density at radius 1 is 1.11 bits per heavy atom. The molecule has 4 rings (SSSR count). The second-order valence-corrected chi connectivity index (χ2v) is 6.33. The number of anilines is 1. The van der Waals surface area contributed by atoms with Crippen LogP contribution in [-0.2, 0) is 0 Å². The molecule has 0 fully saturated rings. The summed E-state index contributed by atoms with van der Waals surface area (Å²) < 4.78 is 36.3. The number of hydrogen-bond acceptors (Lipinski definition) is 7. The zero-order valence-corrected chi connectivity index (χ0v) is 14.9. The highest BCUT2D eigenvalue weighted by Crippen LogP contribution is 2.41. The van der Waals surface area contributed by atoms with E-state index in [1.165, 1.54) is 17.8 Å². The normalized spacial score (nSPS) is 15.2. The van der Waals surface area contributed by atoms with Crippen LogP contribution in [-0.4, -0.2) is 28.0 Å². The molecule has 6 nitrogen and oxygen atoms in total. The molecule has 0 unspecified atom stereocenters. The third-order valence-electron chi connectivity index (χ3n) is 3.93. The quantitative estimate of drug-likeness (QED) is 0.666. The van der Waals surface area contributed by atoms with Gasteiger partial charge in [0.1, 0.15) is 5.75 Å². The first-order valence-corrected chi connectivity index (χ1v) is 9.23. The molecule has 2 aromatic carbocycles. The van der Waals surface area contributed by atoms with Gasteiger partial charge in [-0.15, -0.1) is 10.2 Å². The van der Waals surface area contributed by atoms with Gasteiger partial charge in [0.15, 0.2) is 5.69 Å². The number of para-hydroxylation sites is 2. The van der Waals surface area contributed by atoms with Gasteiger partial charge in [0.2, 0.25) is 17.3 Å². The number of rotatable bonds is 4. The number of nitrogens with one attached hydrogen (secondary N) is 1. The number of ether oxygens (including phenoxy) is 2. The van der Waals surface area contributed by atoms with Gasteiger partial charge in [-0.25, -0.2) is 0 Å². The standard InChI is InChI=1S/C18H14F2N4O2S/c1-27-18-22-16-14(23-24-18)10-6-2-4-8-12(10)21-15(26-16)11-7-3-5-9-13(11)25-17(19)20/h2-9,15,17,21H,1H3/t15-/m1/s1. The molecule has 9 heteroatoms. The van der Waals surface area contributed by atoms with E-state index in [1.54, 1.807) is 18.2 Å². The molecule has 1 N–H and O–H groups in total. The highest BCUT2D eigenvalue weighted by Gasteiger charge is 2.28. The van der Waals surface area contributed by atoms with Crippen molar-refractivity contribution in [1.82, 2.24) is 15.2 Å². The third kappa shape index (κ3) is 3.50. The molecular weight excluding hydrogens is 374 g/mol. The number of alkyl halides is 2. The second kappa shape index (κ2) is 7.36. The average Bonchev–Trinajstić information content (AvgIpc) is 2.84. The van der Waals surface area contributed by atoms with Crippen LogP contribution in [0.15, 0.2) is 53.7 Å². The van der Waals surface area contributed by atoms with Crippen molar-refractivity contribution in [2.75, 3.05) is 11.6 Å². The van der Waals surface area contributed by atoms with E-state index in [2.05, 4.69) is 25.2 Å². The summed E-state index contributed by atoms with van der Waals surface area (Å²) in [7, 11) is 0. The minimum Gasteiger partial charge on any atom is -0.448 e. The van der Waals surface area contributed by atoms with E-state index in [9.17, 15) is 8.78 Å². The monoisotopic (exact) mass is 388 g/mol. The van der Waals surface area contributed by atoms with Gasteiger partial charge in [-0.05, 0) is 24.5 Å². The van der Waals surface area contributed by atoms with E-state index in [0.29, 0.717) is 16.4 Å². The summed E-state index contributed by atoms with van der Waals surface area (Å²) in [5.41, 5.74) is 2.38. The van der Waals surface area contributed by atoms with Crippen molar-refractivity contribution in [1.29, 1.82) is 0 Å². The molecule has 0 amide bonds. The van der Waals surface area contributed by atoms with Crippen molar-refractivity contribution in [3.8, 4) is 22.9 Å². The molecule has 138 valence electrons. The zero-order valence-electron chi connectivity index (χ0n) is 14.1. The second-order valence-electron chi connectivity index (χ2n) is 5.56. The molecule has 1 atom stereocenters. The van der Waals surface area contributed by atoms with Gasteiger partial charge < -0.3 is 14.8 Å². The third-order valence-corrected chi connectivity index (χ3v) is 4.47. The van der Waals surface area contributed by atoms with Crippen molar-refractivity contribution in [2.45, 2.75) is 18.0 Å². The van der Waals surface area contributed by atoms with Crippen LogP contribution in [0, 0.1) is 0 Å². The van der Waals surface area contributed by atoms with Crippen molar-refractivity contribution in [2.24, 2.45) is 0 Å². The van der Waals surface area contributed by atoms with Crippen LogP contribution >= 0.6 is 11.8 Å². The molecular formula is C18H14F2N4O2S. The maximum absolute atomic E-state index is 12.8. The lowest BCUT2D eigenvalue weighted by molar-refractivity contribution is -0.0512. The number of halogens is 2. The van der Waals surface area contributed by atoms with Gasteiger partial charge in [0.05, 0.1) is 5.56 Å². The summed E-state index contributed by atoms with van der Waals surface area (Å²) in [6.45, 7) is -2.94. The predicted molar refractivity (Wildman–Crippen MR) is 97.1 cm³/mol. The van der Waals surface area contributed by atoms with E-state index in [0.717, 1.165) is 11.3 Å². The molecule has 0 aliphatic carbocycles. The lowest BCUT2D eigenvalue weighted by Crippen LogP contribution is -2.19. The number of benzene rings is 2. The van der Waals surface area contributed by atoms with Crippen molar-refractivity contribution in [3.63, 3.8) is 0 Å². The largest absolute Gasteiger partial charge is 0.448 e. The molecule has 3 aromatic rings. The lowest BCUT2D eigenvalue weighted by Gasteiger charge is -2.21. The van der Waals surface area contributed by atoms with E-state index in [1.807, 2.05) is 30.5 Å². The molecule has 1 aromatic heterocycles. The van der Waals surface area contributed by atoms with E-state index in [-0.39, 0.29) is 11.6 Å². The smallest absolute Gasteiger partial charge is 0.387 e. The first-order valence-electron chi connectivity index (χ1n) is 8.00. The van der Waals surface area contributed by atoms with E-state index in [4.69, 9.17) is 4.74 Å². The molecule has 1 aliphatic rings. The average molecular weight is 388 g/mol. The summed E-state index contributed by atoms with van der Waals surface area (Å²) in [6.07, 6.45) is 1.03. The summed E-state index contributed by atoms with van der Waals surface area (Å²) in [6, 6.07) is 13.9. The molecule has 2 heterocycles. The van der Waals surface area contributed by atoms with Crippen LogP contribution < -0.4 is 14.8 Å². The van der Waals surface area contributed by atoms with Gasteiger partial charge in [-0.1, -0.05) is 42.1 Å². The highest BCUT2D eigenvalue weighted by molar-refractivity contribution is 7.98. The van der Waals surface area contributed by atoms with Crippen molar-refractivity contribution in [3.05, 3.63) is 54.1 Å². The number of nitrogens with zero attached hydrogens (tertiary/aromatic N) is 3. The first-order chi connectivity index (χ1) is 13.2. The van der Waals surface area contributed by atoms with Gasteiger partial charge in [-0.2, -0.15) is 13.8 Å². The predicted octanol–water partition coefficient (Wildman–Crippen LogP) is 4.37. The SMILES string of the molecule is CSc1nnc2c(n1)O[C@H](c1ccccc1OC(F)F)Nc1ccccc1-2. The Kier molecular flexibility index (Phi) is 4.76. The van der Waals surface area contributed by atoms with Crippen molar-refractivity contribution < 1.29 is 18.3 Å². The van der Waals surface area contributed by atoms with E-state index >= 15 is 0 Å². The molecule has 0 spiro atoms. The molecule has 0 bridgehead atoms. The fourth-order valence-corrected chi connectivity index (χ4v) is 3.07. The summed E-state index contributed by atoms with van der Waals surface area (Å²) >= 11 is 1.33. The molecule has 0 saturated carbocycles. The van der Waals surface area contributed by atoms with Crippen LogP contribution in [0.3, 0.4) is 0 Å². The number of thioether (sulfide) groups is 1. The Hall–Kier alpha value is -2.94. The van der Waals surface area contributed by atoms with Crippen molar-refractivity contribution >= 4 is 17.4 Å². The molecule has 1 aliphatic heterocycles. The van der Waals surface area contributed by atoms with E-state index < -0.39 is 12.8 Å². The maximum atomic E-state index is 12.8. The number of hydrogen-bond donors (Lipinski definition) is 1. The molecule has 27 heavy (non-hydrogen) atoms. The Labute approximate surface area is 157 Å². The number of aromatic nitrogens is 3. The minimum absolute atomic E-state index is 0.0260. The number of fused-ring (bicyclic) bond motifs is 3. The van der Waals surface area contributed by atoms with Gasteiger partial charge in [-0.3, -0.25) is 0 Å². The van der Waals surface area contributed by atoms with Crippen LogP contribution in [0.5, 0.6) is 11.6 Å². The zero-order chi connectivity index (χ0) is 18.8. The Morgan fingerprint density at radius 3 is 2.70 bits per heavy atom. The molecule has 0 saturated heterocycles. The van der Waals surface area contributed by atoms with Gasteiger partial charge in [0.25, 0.3) is 0 Å². The maximum Gasteiger partial charge on any atom is 0.387 e. The lowest BCUT2D eigenvalue weighted by atomic mass is 10.1. The topological polar surface area (TPSA) is 69.2 Å². The fourth-order valence-electron chi connectivity index (χ4n) is 2.77. The minimum atomic E-state index is -2.94. The Balaban J connectivity index is 1.83. The molecule has 0 radical (unpaired) electrons. The van der Waals surface area contributed by atoms with Crippen LogP contribution in [0.25, 0.3) is 11.3 Å². The summed E-state index contributed by atoms with van der Waals surface area (Å²) in [5.74, 6) is 0.293. The van der Waals surface area contributed by atoms with Crippen LogP contribution in [0.1, 0.15) is 11.8 Å². The Bertz CT molecular complexity index is 974. The first kappa shape index (κ1) is 17.5. The summed E-state index contributed by atoms with van der Waals surface area (Å²) in [4.78, 5) is 4.40. The summed E-state index contributed by atoms with van der Waals surface area (Å²) in [5, 5.41) is 12.0.